The fourth-order valence-electron chi connectivity index (χ4n) is 2.24. The molecule has 1 aromatic rings. The first-order valence-electron chi connectivity index (χ1n) is 7.37. The predicted octanol–water partition coefficient (Wildman–Crippen LogP) is 4.96. The normalized spacial score (nSPS) is 12.7. The second kappa shape index (κ2) is 7.22. The van der Waals surface area contributed by atoms with E-state index in [2.05, 4.69) is 58.9 Å². The van der Waals surface area contributed by atoms with E-state index in [4.69, 9.17) is 9.46 Å². The second-order valence-corrected chi connectivity index (χ2v) is 10.5. The fraction of sp³-hybridized carbons (Fsp3) is 0.625. The van der Waals surface area contributed by atoms with Crippen LogP contribution in [0.2, 0.25) is 18.1 Å². The van der Waals surface area contributed by atoms with Gasteiger partial charge in [-0.05, 0) is 37.5 Å². The maximum absolute atomic E-state index is 5.95. The molecular weight excluding hydrogens is 252 g/mol. The van der Waals surface area contributed by atoms with E-state index in [0.717, 1.165) is 24.6 Å². The van der Waals surface area contributed by atoms with Gasteiger partial charge in [0.1, 0.15) is 5.60 Å². The maximum Gasteiger partial charge on any atom is 0.238 e. The lowest BCUT2D eigenvalue weighted by Crippen LogP contribution is -2.40. The third-order valence-electron chi connectivity index (χ3n) is 3.85. The molecule has 0 saturated carbocycles. The maximum atomic E-state index is 5.95. The van der Waals surface area contributed by atoms with Gasteiger partial charge in [0.15, 0.2) is 0 Å². The van der Waals surface area contributed by atoms with Gasteiger partial charge in [0, 0.05) is 6.42 Å². The highest BCUT2D eigenvalue weighted by Crippen LogP contribution is 2.26. The van der Waals surface area contributed by atoms with Crippen molar-refractivity contribution in [1.82, 2.24) is 0 Å². The van der Waals surface area contributed by atoms with Gasteiger partial charge in [-0.3, -0.25) is 4.58 Å². The summed E-state index contributed by atoms with van der Waals surface area (Å²) < 4.78 is 5.95. The fourth-order valence-corrected chi connectivity index (χ4v) is 4.50. The van der Waals surface area contributed by atoms with Crippen molar-refractivity contribution in [3.8, 4) is 0 Å². The molecule has 108 valence electrons. The Morgan fingerprint density at radius 3 is 1.95 bits per heavy atom. The molecule has 0 N–H and O–H groups in total. The summed E-state index contributed by atoms with van der Waals surface area (Å²) >= 11 is 0. The van der Waals surface area contributed by atoms with Crippen molar-refractivity contribution >= 4 is 8.32 Å². The van der Waals surface area contributed by atoms with Gasteiger partial charge in [-0.15, -0.1) is 0 Å². The lowest BCUT2D eigenvalue weighted by atomic mass is 9.99. The van der Waals surface area contributed by atoms with E-state index in [1.54, 1.807) is 0 Å². The zero-order valence-electron chi connectivity index (χ0n) is 13.0. The van der Waals surface area contributed by atoms with Crippen LogP contribution in [0.1, 0.15) is 40.2 Å². The van der Waals surface area contributed by atoms with Crippen LogP contribution in [0.4, 0.5) is 0 Å². The van der Waals surface area contributed by atoms with Gasteiger partial charge < -0.3 is 0 Å². The molecule has 0 spiro atoms. The number of benzene rings is 1. The van der Waals surface area contributed by atoms with Crippen molar-refractivity contribution in [2.24, 2.45) is 0 Å². The highest BCUT2D eigenvalue weighted by Gasteiger charge is 2.33. The van der Waals surface area contributed by atoms with E-state index in [0.29, 0.717) is 0 Å². The predicted molar refractivity (Wildman–Crippen MR) is 83.6 cm³/mol. The van der Waals surface area contributed by atoms with E-state index >= 15 is 0 Å². The summed E-state index contributed by atoms with van der Waals surface area (Å²) in [5.74, 6) is 0. The first-order valence-corrected chi connectivity index (χ1v) is 9.90. The first-order chi connectivity index (χ1) is 8.97. The monoisotopic (exact) mass is 280 g/mol. The average Bonchev–Trinajstić information content (AvgIpc) is 2.41. The Morgan fingerprint density at radius 1 is 0.947 bits per heavy atom. The van der Waals surface area contributed by atoms with Crippen LogP contribution in [0.25, 0.3) is 0 Å². The molecule has 0 aliphatic carbocycles. The quantitative estimate of drug-likeness (QED) is 0.380. The Bertz CT molecular complexity index is 350. The number of hydrogen-bond donors (Lipinski definition) is 0. The van der Waals surface area contributed by atoms with Crippen LogP contribution >= 0.6 is 0 Å². The number of rotatable bonds is 8. The van der Waals surface area contributed by atoms with Crippen LogP contribution in [0, 0.1) is 0 Å². The average molecular weight is 280 g/mol. The lowest BCUT2D eigenvalue weighted by Gasteiger charge is -2.32. The van der Waals surface area contributed by atoms with Crippen molar-refractivity contribution in [2.75, 3.05) is 0 Å². The van der Waals surface area contributed by atoms with E-state index < -0.39 is 8.32 Å². The molecule has 0 amide bonds. The van der Waals surface area contributed by atoms with Gasteiger partial charge in [0.05, 0.1) is 0 Å². The molecule has 0 heterocycles. The van der Waals surface area contributed by atoms with Crippen molar-refractivity contribution in [3.05, 3.63) is 35.9 Å². The molecule has 2 nitrogen and oxygen atoms in total. The van der Waals surface area contributed by atoms with Gasteiger partial charge in [-0.25, -0.2) is 4.89 Å². The third kappa shape index (κ3) is 5.09. The molecule has 3 heteroatoms. The minimum absolute atomic E-state index is 0.279. The van der Waals surface area contributed by atoms with Crippen LogP contribution in [0.15, 0.2) is 30.3 Å². The Morgan fingerprint density at radius 2 is 1.47 bits per heavy atom. The van der Waals surface area contributed by atoms with E-state index in [1.807, 2.05) is 6.07 Å². The Labute approximate surface area is 119 Å². The summed E-state index contributed by atoms with van der Waals surface area (Å²) in [7, 11) is -1.67. The van der Waals surface area contributed by atoms with Crippen molar-refractivity contribution in [2.45, 2.75) is 64.8 Å². The lowest BCUT2D eigenvalue weighted by molar-refractivity contribution is -0.291. The Hall–Kier alpha value is -0.643. The molecule has 0 bridgehead atoms. The SMILES string of the molecule is CC[Si](CC)(CC)OOC(C)(C)Cc1ccccc1. The zero-order chi connectivity index (χ0) is 14.4. The molecular formula is C16H28O2Si. The molecule has 0 aromatic heterocycles. The Kier molecular flexibility index (Phi) is 6.24. The van der Waals surface area contributed by atoms with Gasteiger partial charge in [0.25, 0.3) is 0 Å². The summed E-state index contributed by atoms with van der Waals surface area (Å²) in [6, 6.07) is 13.8. The van der Waals surface area contributed by atoms with Crippen LogP contribution in [0.5, 0.6) is 0 Å². The van der Waals surface area contributed by atoms with Crippen molar-refractivity contribution in [3.63, 3.8) is 0 Å². The summed E-state index contributed by atoms with van der Waals surface area (Å²) in [6.07, 6.45) is 0.870. The topological polar surface area (TPSA) is 18.5 Å². The smallest absolute Gasteiger partial charge is 0.238 e. The molecule has 0 radical (unpaired) electrons. The zero-order valence-corrected chi connectivity index (χ0v) is 14.0. The van der Waals surface area contributed by atoms with Gasteiger partial charge in [-0.2, -0.15) is 0 Å². The summed E-state index contributed by atoms with van der Waals surface area (Å²) in [5.41, 5.74) is 1.01. The molecule has 0 aliphatic rings. The largest absolute Gasteiger partial charge is 0.286 e. The highest BCUT2D eigenvalue weighted by atomic mass is 28.4. The van der Waals surface area contributed by atoms with Crippen LogP contribution in [-0.4, -0.2) is 13.9 Å². The minimum atomic E-state index is -1.67. The third-order valence-corrected chi connectivity index (χ3v) is 8.15. The van der Waals surface area contributed by atoms with Crippen LogP contribution < -0.4 is 0 Å². The Balaban J connectivity index is 2.59. The molecule has 19 heavy (non-hydrogen) atoms. The van der Waals surface area contributed by atoms with E-state index in [9.17, 15) is 0 Å². The second-order valence-electron chi connectivity index (χ2n) is 5.83. The van der Waals surface area contributed by atoms with E-state index in [1.165, 1.54) is 5.56 Å². The molecule has 0 aliphatic heterocycles. The highest BCUT2D eigenvalue weighted by molar-refractivity contribution is 6.73. The molecule has 0 atom stereocenters. The van der Waals surface area contributed by atoms with Crippen LogP contribution in [-0.2, 0) is 15.9 Å². The minimum Gasteiger partial charge on any atom is -0.286 e. The van der Waals surface area contributed by atoms with Gasteiger partial charge in [0.2, 0.25) is 8.32 Å². The summed E-state index contributed by atoms with van der Waals surface area (Å²) in [4.78, 5) is 5.83. The molecule has 1 rings (SSSR count). The number of hydrogen-bond acceptors (Lipinski definition) is 2. The molecule has 0 fully saturated rings. The van der Waals surface area contributed by atoms with Crippen molar-refractivity contribution in [1.29, 1.82) is 0 Å². The molecule has 0 unspecified atom stereocenters. The van der Waals surface area contributed by atoms with Crippen LogP contribution in [0.3, 0.4) is 0 Å². The molecule has 0 saturated heterocycles. The van der Waals surface area contributed by atoms with Gasteiger partial charge >= 0.3 is 0 Å². The van der Waals surface area contributed by atoms with E-state index in [-0.39, 0.29) is 5.60 Å². The first kappa shape index (κ1) is 16.4. The summed E-state index contributed by atoms with van der Waals surface area (Å²) in [5, 5.41) is 0. The van der Waals surface area contributed by atoms with Gasteiger partial charge in [-0.1, -0.05) is 51.1 Å². The standard InChI is InChI=1S/C16H28O2Si/c1-6-19(7-2,8-3)18-17-16(4,5)14-15-12-10-9-11-13-15/h9-13H,6-8,14H2,1-5H3. The molecule has 1 aromatic carbocycles. The van der Waals surface area contributed by atoms with Crippen molar-refractivity contribution < 1.29 is 9.46 Å². The summed E-state index contributed by atoms with van der Waals surface area (Å²) in [6.45, 7) is 10.8.